The first kappa shape index (κ1) is 24.1. The summed E-state index contributed by atoms with van der Waals surface area (Å²) in [4.78, 5) is 2.29. The molecule has 0 aliphatic heterocycles. The Kier molecular flexibility index (Phi) is 7.42. The molecule has 0 unspecified atom stereocenters. The number of hydrogen-bond donors (Lipinski definition) is 0. The zero-order chi connectivity index (χ0) is 25.5. The highest BCUT2D eigenvalue weighted by atomic mass is 15.4. The van der Waals surface area contributed by atoms with E-state index < -0.39 is 0 Å². The number of nitrogens with zero attached hydrogens (tertiary/aromatic N) is 3. The Labute approximate surface area is 220 Å². The molecular weight excluding hydrogens is 450 g/mol. The van der Waals surface area contributed by atoms with E-state index in [4.69, 9.17) is 5.10 Å². The van der Waals surface area contributed by atoms with Gasteiger partial charge in [-0.25, -0.2) is 0 Å². The van der Waals surface area contributed by atoms with E-state index in [1.54, 1.807) is 0 Å². The number of hydrogen-bond acceptors (Lipinski definition) is 3. The number of aryl methyl sites for hydroxylation is 2. The zero-order valence-electron chi connectivity index (χ0n) is 21.3. The normalized spacial score (nSPS) is 11.0. The number of benzene rings is 5. The third-order valence-corrected chi connectivity index (χ3v) is 6.28. The van der Waals surface area contributed by atoms with Crippen molar-refractivity contribution in [2.24, 2.45) is 5.10 Å². The van der Waals surface area contributed by atoms with Gasteiger partial charge in [-0.2, -0.15) is 5.10 Å². The van der Waals surface area contributed by atoms with E-state index in [-0.39, 0.29) is 0 Å². The van der Waals surface area contributed by atoms with Crippen LogP contribution in [0.2, 0.25) is 0 Å². The van der Waals surface area contributed by atoms with E-state index in [1.807, 2.05) is 35.5 Å². The van der Waals surface area contributed by atoms with Gasteiger partial charge in [0.05, 0.1) is 18.4 Å². The van der Waals surface area contributed by atoms with E-state index in [2.05, 4.69) is 128 Å². The number of rotatable bonds is 8. The van der Waals surface area contributed by atoms with Crippen LogP contribution in [0.5, 0.6) is 0 Å². The van der Waals surface area contributed by atoms with E-state index in [1.165, 1.54) is 16.7 Å². The quantitative estimate of drug-likeness (QED) is 0.163. The molecule has 0 spiro atoms. The third kappa shape index (κ3) is 6.14. The smallest absolute Gasteiger partial charge is 0.0666 e. The standard InChI is InChI=1S/C34H31N3/c1-27-16-20-32(21-17-27)37(34-15-9-10-28(2)24-34)33-22-18-29(19-23-33)25-35-36(31-13-7-4-8-14-31)26-30-11-5-3-6-12-30/h3-25H,26H2,1-2H3. The van der Waals surface area contributed by atoms with Crippen molar-refractivity contribution in [2.75, 3.05) is 9.91 Å². The van der Waals surface area contributed by atoms with Crippen molar-refractivity contribution < 1.29 is 0 Å². The highest BCUT2D eigenvalue weighted by Crippen LogP contribution is 2.35. The second kappa shape index (κ2) is 11.4. The summed E-state index contributed by atoms with van der Waals surface area (Å²) in [6.45, 7) is 4.95. The molecule has 0 radical (unpaired) electrons. The molecule has 0 saturated carbocycles. The van der Waals surface area contributed by atoms with Crippen LogP contribution in [0.1, 0.15) is 22.3 Å². The van der Waals surface area contributed by atoms with Gasteiger partial charge in [-0.3, -0.25) is 5.01 Å². The van der Waals surface area contributed by atoms with Crippen LogP contribution in [0.4, 0.5) is 22.7 Å². The molecule has 37 heavy (non-hydrogen) atoms. The van der Waals surface area contributed by atoms with Crippen LogP contribution in [0.3, 0.4) is 0 Å². The van der Waals surface area contributed by atoms with Crippen molar-refractivity contribution in [1.29, 1.82) is 0 Å². The van der Waals surface area contributed by atoms with Crippen LogP contribution in [0.15, 0.2) is 139 Å². The van der Waals surface area contributed by atoms with E-state index in [0.717, 1.165) is 28.3 Å². The molecule has 0 saturated heterocycles. The van der Waals surface area contributed by atoms with Crippen LogP contribution >= 0.6 is 0 Å². The van der Waals surface area contributed by atoms with Gasteiger partial charge >= 0.3 is 0 Å². The monoisotopic (exact) mass is 481 g/mol. The van der Waals surface area contributed by atoms with Gasteiger partial charge < -0.3 is 4.90 Å². The summed E-state index contributed by atoms with van der Waals surface area (Å²) in [7, 11) is 0. The van der Waals surface area contributed by atoms with Crippen LogP contribution < -0.4 is 9.91 Å². The predicted molar refractivity (Wildman–Crippen MR) is 157 cm³/mol. The van der Waals surface area contributed by atoms with Gasteiger partial charge in [0.25, 0.3) is 0 Å². The summed E-state index contributed by atoms with van der Waals surface area (Å²) < 4.78 is 0. The number of para-hydroxylation sites is 1. The van der Waals surface area contributed by atoms with Crippen molar-refractivity contribution in [1.82, 2.24) is 0 Å². The van der Waals surface area contributed by atoms with Crippen molar-refractivity contribution in [3.8, 4) is 0 Å². The van der Waals surface area contributed by atoms with E-state index in [9.17, 15) is 0 Å². The van der Waals surface area contributed by atoms with Gasteiger partial charge in [0.15, 0.2) is 0 Å². The van der Waals surface area contributed by atoms with Gasteiger partial charge in [-0.15, -0.1) is 0 Å². The van der Waals surface area contributed by atoms with Crippen LogP contribution in [0, 0.1) is 13.8 Å². The molecular formula is C34H31N3. The van der Waals surface area contributed by atoms with Gasteiger partial charge in [0.2, 0.25) is 0 Å². The second-order valence-corrected chi connectivity index (χ2v) is 9.22. The fraction of sp³-hybridized carbons (Fsp3) is 0.0882. The fourth-order valence-corrected chi connectivity index (χ4v) is 4.31. The maximum Gasteiger partial charge on any atom is 0.0666 e. The Hall–Kier alpha value is -4.63. The summed E-state index contributed by atoms with van der Waals surface area (Å²) in [6.07, 6.45) is 1.93. The maximum atomic E-state index is 4.87. The molecule has 5 aromatic rings. The third-order valence-electron chi connectivity index (χ3n) is 6.28. The Bertz CT molecular complexity index is 1440. The first-order valence-corrected chi connectivity index (χ1v) is 12.6. The topological polar surface area (TPSA) is 18.8 Å². The first-order chi connectivity index (χ1) is 18.2. The average molecular weight is 482 g/mol. The van der Waals surface area contributed by atoms with E-state index >= 15 is 0 Å². The first-order valence-electron chi connectivity index (χ1n) is 12.6. The molecule has 182 valence electrons. The molecule has 0 heterocycles. The zero-order valence-corrected chi connectivity index (χ0v) is 21.3. The lowest BCUT2D eigenvalue weighted by Crippen LogP contribution is -2.16. The molecule has 0 bridgehead atoms. The average Bonchev–Trinajstić information content (AvgIpc) is 2.94. The lowest BCUT2D eigenvalue weighted by Gasteiger charge is -2.26. The predicted octanol–water partition coefficient (Wildman–Crippen LogP) is 8.81. The number of anilines is 4. The summed E-state index contributed by atoms with van der Waals surface area (Å²) in [5.74, 6) is 0. The lowest BCUT2D eigenvalue weighted by atomic mass is 10.1. The molecule has 0 amide bonds. The van der Waals surface area contributed by atoms with Crippen LogP contribution in [-0.2, 0) is 6.54 Å². The summed E-state index contributed by atoms with van der Waals surface area (Å²) in [5.41, 5.74) is 9.19. The van der Waals surface area contributed by atoms with Crippen LogP contribution in [0.25, 0.3) is 0 Å². The summed E-state index contributed by atoms with van der Waals surface area (Å²) in [6, 6.07) is 46.6. The van der Waals surface area contributed by atoms with Gasteiger partial charge in [0.1, 0.15) is 0 Å². The number of hydrazone groups is 1. The van der Waals surface area contributed by atoms with Crippen molar-refractivity contribution in [2.45, 2.75) is 20.4 Å². The Morgan fingerprint density at radius 2 is 1.14 bits per heavy atom. The van der Waals surface area contributed by atoms with Gasteiger partial charge in [-0.1, -0.05) is 90.5 Å². The molecule has 0 N–H and O–H groups in total. The molecule has 5 rings (SSSR count). The summed E-state index contributed by atoms with van der Waals surface area (Å²) >= 11 is 0. The molecule has 0 aliphatic rings. The maximum absolute atomic E-state index is 4.87. The lowest BCUT2D eigenvalue weighted by molar-refractivity contribution is 0.858. The molecule has 0 aromatic heterocycles. The highest BCUT2D eigenvalue weighted by molar-refractivity contribution is 5.83. The molecule has 3 heteroatoms. The molecule has 0 fully saturated rings. The van der Waals surface area contributed by atoms with Crippen LogP contribution in [-0.4, -0.2) is 6.21 Å². The Morgan fingerprint density at radius 1 is 0.541 bits per heavy atom. The Balaban J connectivity index is 1.43. The molecule has 0 atom stereocenters. The second-order valence-electron chi connectivity index (χ2n) is 9.22. The SMILES string of the molecule is Cc1ccc(N(c2ccc(C=NN(Cc3ccccc3)c3ccccc3)cc2)c2cccc(C)c2)cc1. The molecule has 5 aromatic carbocycles. The fourth-order valence-electron chi connectivity index (χ4n) is 4.31. The Morgan fingerprint density at radius 3 is 1.78 bits per heavy atom. The molecule has 0 aliphatic carbocycles. The minimum atomic E-state index is 0.702. The van der Waals surface area contributed by atoms with Crippen molar-refractivity contribution in [3.63, 3.8) is 0 Å². The highest BCUT2D eigenvalue weighted by Gasteiger charge is 2.12. The van der Waals surface area contributed by atoms with E-state index in [0.29, 0.717) is 6.54 Å². The van der Waals surface area contributed by atoms with Gasteiger partial charge in [-0.05, 0) is 79.1 Å². The largest absolute Gasteiger partial charge is 0.310 e. The van der Waals surface area contributed by atoms with Gasteiger partial charge in [0, 0.05) is 17.1 Å². The van der Waals surface area contributed by atoms with Crippen molar-refractivity contribution >= 4 is 29.0 Å². The minimum absolute atomic E-state index is 0.702. The van der Waals surface area contributed by atoms with Crippen molar-refractivity contribution in [3.05, 3.63) is 156 Å². The summed E-state index contributed by atoms with van der Waals surface area (Å²) in [5, 5.41) is 6.90. The molecule has 3 nitrogen and oxygen atoms in total. The minimum Gasteiger partial charge on any atom is -0.310 e.